The second kappa shape index (κ2) is 20.4. The van der Waals surface area contributed by atoms with Crippen LogP contribution in [0.3, 0.4) is 0 Å². The number of para-hydroxylation sites is 1. The Bertz CT molecular complexity index is 1520. The fraction of sp³-hybridized carbons (Fsp3) is 0.476. The van der Waals surface area contributed by atoms with Crippen LogP contribution in [0.4, 0.5) is 0 Å². The summed E-state index contributed by atoms with van der Waals surface area (Å²) < 4.78 is 0. The number of aryl methyl sites for hydroxylation is 3. The molecule has 5 nitrogen and oxygen atoms in total. The number of amidine groups is 1. The lowest BCUT2D eigenvalue weighted by molar-refractivity contribution is 0.438. The van der Waals surface area contributed by atoms with Gasteiger partial charge in [0.05, 0.1) is 11.6 Å². The number of benzene rings is 3. The number of allylic oxidation sites excluding steroid dienone is 2. The molecule has 0 aromatic heterocycles. The van der Waals surface area contributed by atoms with Crippen molar-refractivity contribution in [3.8, 4) is 17.2 Å². The summed E-state index contributed by atoms with van der Waals surface area (Å²) in [5, 5.41) is 31.7. The molecular weight excluding hydrogens is 580 g/mol. The molecule has 0 amide bonds. The molecule has 3 aromatic rings. The number of nitrogens with zero attached hydrogens (tertiary/aromatic N) is 2. The highest BCUT2D eigenvalue weighted by atomic mass is 16.3. The van der Waals surface area contributed by atoms with Crippen molar-refractivity contribution in [2.45, 2.75) is 128 Å². The highest BCUT2D eigenvalue weighted by molar-refractivity contribution is 6.27. The molecule has 0 radical (unpaired) electrons. The summed E-state index contributed by atoms with van der Waals surface area (Å²) in [6.45, 7) is 26.4. The van der Waals surface area contributed by atoms with Crippen LogP contribution in [-0.4, -0.2) is 26.9 Å². The average Bonchev–Trinajstić information content (AvgIpc) is 3.04. The van der Waals surface area contributed by atoms with E-state index in [2.05, 4.69) is 66.7 Å². The minimum absolute atomic E-state index is 0.000974. The molecule has 0 fully saturated rings. The maximum absolute atomic E-state index is 10.9. The van der Waals surface area contributed by atoms with Gasteiger partial charge < -0.3 is 15.3 Å². The van der Waals surface area contributed by atoms with Gasteiger partial charge in [0, 0.05) is 22.4 Å². The Morgan fingerprint density at radius 3 is 1.98 bits per heavy atom. The van der Waals surface area contributed by atoms with Crippen LogP contribution in [0, 0.1) is 33.6 Å². The van der Waals surface area contributed by atoms with E-state index in [1.165, 1.54) is 38.2 Å². The van der Waals surface area contributed by atoms with Crippen LogP contribution in [0.1, 0.15) is 139 Å². The summed E-state index contributed by atoms with van der Waals surface area (Å²) in [4.78, 5) is 9.82. The Morgan fingerprint density at radius 2 is 1.40 bits per heavy atom. The summed E-state index contributed by atoms with van der Waals surface area (Å²) in [7, 11) is 0. The minimum Gasteiger partial charge on any atom is -0.508 e. The van der Waals surface area contributed by atoms with Crippen molar-refractivity contribution < 1.29 is 15.3 Å². The molecule has 3 N–H and O–H groups in total. The summed E-state index contributed by atoms with van der Waals surface area (Å²) >= 11 is 0. The molecule has 47 heavy (non-hydrogen) atoms. The van der Waals surface area contributed by atoms with Gasteiger partial charge in [-0.1, -0.05) is 114 Å². The molecule has 0 saturated carbocycles. The van der Waals surface area contributed by atoms with Crippen molar-refractivity contribution in [1.82, 2.24) is 0 Å². The van der Waals surface area contributed by atoms with Crippen LogP contribution >= 0.6 is 0 Å². The molecule has 3 rings (SSSR count). The number of rotatable bonds is 10. The van der Waals surface area contributed by atoms with Crippen molar-refractivity contribution in [3.63, 3.8) is 0 Å². The van der Waals surface area contributed by atoms with Crippen molar-refractivity contribution >= 4 is 17.1 Å². The Hall–Kier alpha value is -3.86. The summed E-state index contributed by atoms with van der Waals surface area (Å²) in [6, 6.07) is 14.6. The van der Waals surface area contributed by atoms with Crippen LogP contribution in [0.15, 0.2) is 64.1 Å². The van der Waals surface area contributed by atoms with Gasteiger partial charge in [0.2, 0.25) is 0 Å². The molecule has 0 saturated heterocycles. The first-order chi connectivity index (χ1) is 22.3. The zero-order valence-corrected chi connectivity index (χ0v) is 31.5. The highest BCUT2D eigenvalue weighted by Gasteiger charge is 2.19. The lowest BCUT2D eigenvalue weighted by atomic mass is 9.92. The maximum Gasteiger partial charge on any atom is 0.159 e. The monoisotopic (exact) mass is 642 g/mol. The summed E-state index contributed by atoms with van der Waals surface area (Å²) in [5.41, 5.74) is 8.50. The second-order valence-electron chi connectivity index (χ2n) is 12.5. The normalized spacial score (nSPS) is 12.1. The van der Waals surface area contributed by atoms with E-state index in [9.17, 15) is 15.3 Å². The second-order valence-corrected chi connectivity index (χ2v) is 12.5. The van der Waals surface area contributed by atoms with Gasteiger partial charge in [-0.15, -0.1) is 0 Å². The van der Waals surface area contributed by atoms with Crippen LogP contribution in [-0.2, 0) is 0 Å². The van der Waals surface area contributed by atoms with E-state index in [0.29, 0.717) is 22.5 Å². The Labute approximate surface area is 286 Å². The quantitative estimate of drug-likeness (QED) is 0.152. The van der Waals surface area contributed by atoms with E-state index in [1.54, 1.807) is 13.0 Å². The molecule has 1 unspecified atom stereocenters. The highest BCUT2D eigenvalue weighted by Crippen LogP contribution is 2.34. The molecule has 0 heterocycles. The number of unbranched alkanes of at least 4 members (excludes halogenated alkanes) is 1. The van der Waals surface area contributed by atoms with E-state index in [1.807, 2.05) is 52.8 Å². The van der Waals surface area contributed by atoms with Gasteiger partial charge in [-0.25, -0.2) is 4.99 Å². The predicted octanol–water partition coefficient (Wildman–Crippen LogP) is 12.1. The van der Waals surface area contributed by atoms with Gasteiger partial charge in [-0.3, -0.25) is 4.99 Å². The lowest BCUT2D eigenvalue weighted by Gasteiger charge is -2.17. The molecule has 5 heteroatoms. The molecule has 0 bridgehead atoms. The van der Waals surface area contributed by atoms with Crippen LogP contribution < -0.4 is 0 Å². The van der Waals surface area contributed by atoms with Gasteiger partial charge in [0.15, 0.2) is 5.84 Å². The number of hydrogen-bond donors (Lipinski definition) is 3. The van der Waals surface area contributed by atoms with Crippen molar-refractivity contribution in [3.05, 3.63) is 93.0 Å². The smallest absolute Gasteiger partial charge is 0.159 e. The first-order valence-electron chi connectivity index (χ1n) is 17.5. The van der Waals surface area contributed by atoms with E-state index < -0.39 is 6.04 Å². The molecule has 258 valence electrons. The van der Waals surface area contributed by atoms with E-state index >= 15 is 0 Å². The molecular formula is C42H62N2O3. The SMILES string of the molecule is CC.CC(=NC(=NC(C)c1cccc(C)c1O)c1ccc(O)c(C)c1O)C(=C(C)C)c1cc(C)ccc1C.CCCCC(CC)CC. The fourth-order valence-corrected chi connectivity index (χ4v) is 5.54. The Morgan fingerprint density at radius 1 is 0.766 bits per heavy atom. The largest absolute Gasteiger partial charge is 0.508 e. The molecule has 3 aromatic carbocycles. The van der Waals surface area contributed by atoms with Gasteiger partial charge in [0.25, 0.3) is 0 Å². The first kappa shape index (κ1) is 41.2. The van der Waals surface area contributed by atoms with Crippen LogP contribution in [0.25, 0.3) is 5.57 Å². The zero-order chi connectivity index (χ0) is 35.8. The topological polar surface area (TPSA) is 85.4 Å². The van der Waals surface area contributed by atoms with Crippen LogP contribution in [0.2, 0.25) is 0 Å². The third-order valence-electron chi connectivity index (χ3n) is 8.60. The van der Waals surface area contributed by atoms with Gasteiger partial charge in [-0.05, 0) is 90.1 Å². The molecule has 0 aliphatic rings. The van der Waals surface area contributed by atoms with E-state index in [4.69, 9.17) is 9.98 Å². The van der Waals surface area contributed by atoms with Crippen molar-refractivity contribution in [2.24, 2.45) is 15.9 Å². The number of hydrogen-bond acceptors (Lipinski definition) is 4. The molecule has 1 atom stereocenters. The summed E-state index contributed by atoms with van der Waals surface area (Å²) in [5.74, 6) is 1.45. The molecule has 0 spiro atoms. The molecule has 0 aliphatic carbocycles. The number of aliphatic imine (C=N–C) groups is 2. The Kier molecular flexibility index (Phi) is 17.9. The molecule has 0 aliphatic heterocycles. The lowest BCUT2D eigenvalue weighted by Crippen LogP contribution is -2.09. The zero-order valence-electron chi connectivity index (χ0n) is 31.5. The van der Waals surface area contributed by atoms with E-state index in [-0.39, 0.29) is 17.2 Å². The average molecular weight is 643 g/mol. The number of phenolic OH excluding ortho intramolecular Hbond substituents is 3. The maximum atomic E-state index is 10.9. The minimum atomic E-state index is -0.430. The third-order valence-corrected chi connectivity index (χ3v) is 8.60. The van der Waals surface area contributed by atoms with Crippen molar-refractivity contribution in [2.75, 3.05) is 0 Å². The predicted molar refractivity (Wildman–Crippen MR) is 205 cm³/mol. The van der Waals surface area contributed by atoms with Crippen LogP contribution in [0.5, 0.6) is 17.2 Å². The Balaban J connectivity index is 0.000000867. The van der Waals surface area contributed by atoms with Gasteiger partial charge in [-0.2, -0.15) is 0 Å². The third kappa shape index (κ3) is 11.7. The van der Waals surface area contributed by atoms with Gasteiger partial charge >= 0.3 is 0 Å². The van der Waals surface area contributed by atoms with Gasteiger partial charge in [0.1, 0.15) is 17.2 Å². The van der Waals surface area contributed by atoms with E-state index in [0.717, 1.165) is 45.0 Å². The fourth-order valence-electron chi connectivity index (χ4n) is 5.54. The van der Waals surface area contributed by atoms with Crippen molar-refractivity contribution in [1.29, 1.82) is 0 Å². The number of phenols is 3. The first-order valence-corrected chi connectivity index (χ1v) is 17.5. The number of aromatic hydroxyl groups is 3. The summed E-state index contributed by atoms with van der Waals surface area (Å²) in [6.07, 6.45) is 6.97. The standard InChI is InChI=1S/C31H36N2O3.C9H20.C2H6/c1-17(2)28(26-16-18(3)12-13-19(26)4)23(8)33-31(25-14-15-27(34)21(6)30(25)36)32-22(7)24-11-9-10-20(5)29(24)35;1-4-7-8-9(5-2)6-3;1-2/h9-16,22,34-36H,1-8H3;9H,4-8H2,1-3H3;1-2H3.